The van der Waals surface area contributed by atoms with Crippen LogP contribution in [0.4, 0.5) is 0 Å². The Kier molecular flexibility index (Phi) is 5.50. The average Bonchev–Trinajstić information content (AvgIpc) is 2.96. The molecule has 0 radical (unpaired) electrons. The summed E-state index contributed by atoms with van der Waals surface area (Å²) in [5.74, 6) is 2.33. The van der Waals surface area contributed by atoms with Gasteiger partial charge in [-0.1, -0.05) is 18.7 Å². The van der Waals surface area contributed by atoms with E-state index in [2.05, 4.69) is 6.58 Å². The second-order valence-electron chi connectivity index (χ2n) is 6.16. The molecule has 0 spiro atoms. The van der Waals surface area contributed by atoms with Crippen molar-refractivity contribution >= 4 is 11.9 Å². The summed E-state index contributed by atoms with van der Waals surface area (Å²) >= 11 is 0. The summed E-state index contributed by atoms with van der Waals surface area (Å²) in [5.41, 5.74) is 2.09. The van der Waals surface area contributed by atoms with Crippen LogP contribution >= 0.6 is 0 Å². The van der Waals surface area contributed by atoms with Crippen LogP contribution in [0.1, 0.15) is 29.8 Å². The molecule has 27 heavy (non-hydrogen) atoms. The van der Waals surface area contributed by atoms with Gasteiger partial charge in [0.05, 0.1) is 19.3 Å². The number of ether oxygens (including phenoxy) is 4. The fourth-order valence-corrected chi connectivity index (χ4v) is 2.70. The molecule has 5 heteroatoms. The zero-order valence-corrected chi connectivity index (χ0v) is 15.7. The number of ketones is 1. The van der Waals surface area contributed by atoms with Crippen LogP contribution in [0.25, 0.3) is 6.08 Å². The van der Waals surface area contributed by atoms with Crippen LogP contribution < -0.4 is 18.9 Å². The number of benzene rings is 2. The molecule has 0 saturated heterocycles. The van der Waals surface area contributed by atoms with Crippen molar-refractivity contribution in [1.29, 1.82) is 0 Å². The molecule has 5 nitrogen and oxygen atoms in total. The zero-order chi connectivity index (χ0) is 19.4. The van der Waals surface area contributed by atoms with E-state index in [9.17, 15) is 4.79 Å². The number of rotatable bonds is 7. The lowest BCUT2D eigenvalue weighted by Crippen LogP contribution is -2.04. The first-order valence-corrected chi connectivity index (χ1v) is 8.68. The predicted octanol–water partition coefficient (Wildman–Crippen LogP) is 4.67. The third-order valence-electron chi connectivity index (χ3n) is 3.94. The Morgan fingerprint density at radius 1 is 1.22 bits per heavy atom. The summed E-state index contributed by atoms with van der Waals surface area (Å²) in [6, 6.07) is 10.7. The normalized spacial score (nSPS) is 13.9. The van der Waals surface area contributed by atoms with Crippen molar-refractivity contribution in [2.24, 2.45) is 0 Å². The maximum atomic E-state index is 12.7. The molecule has 0 bridgehead atoms. The van der Waals surface area contributed by atoms with Gasteiger partial charge in [-0.05, 0) is 43.7 Å². The highest BCUT2D eigenvalue weighted by Gasteiger charge is 2.28. The van der Waals surface area contributed by atoms with Gasteiger partial charge < -0.3 is 18.9 Å². The highest BCUT2D eigenvalue weighted by atomic mass is 16.5. The van der Waals surface area contributed by atoms with Gasteiger partial charge in [0, 0.05) is 11.6 Å². The Hall–Kier alpha value is -3.21. The molecule has 0 aliphatic carbocycles. The number of Topliss-reactive ketones (excluding diaryl/α,β-unsaturated/α-hetero) is 1. The smallest absolute Gasteiger partial charge is 0.231 e. The number of fused-ring (bicyclic) bond motifs is 1. The molecule has 0 aromatic heterocycles. The number of carbonyl (C=O) groups excluding carboxylic acids is 1. The van der Waals surface area contributed by atoms with E-state index in [1.54, 1.807) is 31.4 Å². The Balaban J connectivity index is 1.98. The number of para-hydroxylation sites is 1. The maximum Gasteiger partial charge on any atom is 0.231 e. The van der Waals surface area contributed by atoms with Gasteiger partial charge in [-0.15, -0.1) is 0 Å². The van der Waals surface area contributed by atoms with E-state index in [0.29, 0.717) is 47.3 Å². The molecule has 0 amide bonds. The third kappa shape index (κ3) is 3.97. The minimum absolute atomic E-state index is 0.180. The molecule has 0 unspecified atom stereocenters. The average molecular weight is 366 g/mol. The van der Waals surface area contributed by atoms with E-state index in [1.807, 2.05) is 32.0 Å². The fourth-order valence-electron chi connectivity index (χ4n) is 2.70. The lowest BCUT2D eigenvalue weighted by Gasteiger charge is -2.14. The molecular formula is C22H22O5. The maximum absolute atomic E-state index is 12.7. The van der Waals surface area contributed by atoms with Crippen LogP contribution in [-0.4, -0.2) is 26.1 Å². The molecule has 2 aromatic rings. The second kappa shape index (κ2) is 7.99. The van der Waals surface area contributed by atoms with Gasteiger partial charge in [-0.25, -0.2) is 0 Å². The standard InChI is InChI=1S/C22H22O5/c1-5-25-18-8-6-7-15(22(18)26-13-14(2)3)11-20-21(23)17-10-9-16(24-4)12-19(17)27-20/h6-12H,2,5,13H2,1,3-4H3/b20-11-. The van der Waals surface area contributed by atoms with Crippen molar-refractivity contribution in [2.45, 2.75) is 13.8 Å². The molecule has 1 aliphatic rings. The number of hydrogen-bond donors (Lipinski definition) is 0. The van der Waals surface area contributed by atoms with Crippen LogP contribution in [0, 0.1) is 0 Å². The molecule has 0 atom stereocenters. The second-order valence-corrected chi connectivity index (χ2v) is 6.16. The first kappa shape index (κ1) is 18.6. The number of allylic oxidation sites excluding steroid dienone is 1. The molecule has 2 aromatic carbocycles. The topological polar surface area (TPSA) is 54.0 Å². The number of methoxy groups -OCH3 is 1. The molecule has 0 fully saturated rings. The van der Waals surface area contributed by atoms with Crippen molar-refractivity contribution in [2.75, 3.05) is 20.3 Å². The summed E-state index contributed by atoms with van der Waals surface area (Å²) in [4.78, 5) is 12.7. The Morgan fingerprint density at radius 3 is 2.74 bits per heavy atom. The van der Waals surface area contributed by atoms with Gasteiger partial charge in [-0.3, -0.25) is 4.79 Å². The molecular weight excluding hydrogens is 344 g/mol. The summed E-state index contributed by atoms with van der Waals surface area (Å²) in [6.07, 6.45) is 1.67. The first-order chi connectivity index (χ1) is 13.0. The van der Waals surface area contributed by atoms with E-state index < -0.39 is 0 Å². The summed E-state index contributed by atoms with van der Waals surface area (Å²) in [6.45, 7) is 8.51. The van der Waals surface area contributed by atoms with Crippen molar-refractivity contribution in [1.82, 2.24) is 0 Å². The minimum atomic E-state index is -0.180. The lowest BCUT2D eigenvalue weighted by atomic mass is 10.1. The Labute approximate surface area is 158 Å². The predicted molar refractivity (Wildman–Crippen MR) is 104 cm³/mol. The van der Waals surface area contributed by atoms with Gasteiger partial charge in [0.1, 0.15) is 18.1 Å². The number of carbonyl (C=O) groups is 1. The van der Waals surface area contributed by atoms with Crippen LogP contribution in [0.2, 0.25) is 0 Å². The SMILES string of the molecule is C=C(C)COc1c(/C=C2\Oc3cc(OC)ccc3C2=O)cccc1OCC. The quantitative estimate of drug-likeness (QED) is 0.527. The largest absolute Gasteiger partial charge is 0.497 e. The van der Waals surface area contributed by atoms with Crippen LogP contribution in [0.5, 0.6) is 23.0 Å². The van der Waals surface area contributed by atoms with Crippen molar-refractivity contribution < 1.29 is 23.7 Å². The Bertz CT molecular complexity index is 911. The van der Waals surface area contributed by atoms with Gasteiger partial charge in [-0.2, -0.15) is 0 Å². The van der Waals surface area contributed by atoms with Crippen molar-refractivity contribution in [3.05, 3.63) is 65.4 Å². The summed E-state index contributed by atoms with van der Waals surface area (Å²) < 4.78 is 22.5. The van der Waals surface area contributed by atoms with E-state index in [4.69, 9.17) is 18.9 Å². The molecule has 3 rings (SSSR count). The fraction of sp³-hybridized carbons (Fsp3) is 0.227. The van der Waals surface area contributed by atoms with Crippen LogP contribution in [-0.2, 0) is 0 Å². The molecule has 140 valence electrons. The van der Waals surface area contributed by atoms with E-state index in [1.165, 1.54) is 0 Å². The number of hydrogen-bond acceptors (Lipinski definition) is 5. The summed E-state index contributed by atoms with van der Waals surface area (Å²) in [7, 11) is 1.57. The molecule has 1 aliphatic heterocycles. The van der Waals surface area contributed by atoms with E-state index in [-0.39, 0.29) is 11.5 Å². The van der Waals surface area contributed by atoms with Crippen molar-refractivity contribution in [3.63, 3.8) is 0 Å². The van der Waals surface area contributed by atoms with E-state index >= 15 is 0 Å². The molecule has 0 saturated carbocycles. The van der Waals surface area contributed by atoms with E-state index in [0.717, 1.165) is 5.57 Å². The van der Waals surface area contributed by atoms with Gasteiger partial charge >= 0.3 is 0 Å². The third-order valence-corrected chi connectivity index (χ3v) is 3.94. The first-order valence-electron chi connectivity index (χ1n) is 8.68. The Morgan fingerprint density at radius 2 is 2.04 bits per heavy atom. The van der Waals surface area contributed by atoms with Gasteiger partial charge in [0.25, 0.3) is 0 Å². The molecule has 0 N–H and O–H groups in total. The summed E-state index contributed by atoms with van der Waals surface area (Å²) in [5, 5.41) is 0. The molecule has 1 heterocycles. The lowest BCUT2D eigenvalue weighted by molar-refractivity contribution is 0.101. The van der Waals surface area contributed by atoms with Gasteiger partial charge in [0.15, 0.2) is 17.3 Å². The minimum Gasteiger partial charge on any atom is -0.497 e. The highest BCUT2D eigenvalue weighted by molar-refractivity contribution is 6.14. The van der Waals surface area contributed by atoms with Crippen molar-refractivity contribution in [3.8, 4) is 23.0 Å². The van der Waals surface area contributed by atoms with Crippen LogP contribution in [0.15, 0.2) is 54.3 Å². The monoisotopic (exact) mass is 366 g/mol. The zero-order valence-electron chi connectivity index (χ0n) is 15.7. The highest BCUT2D eigenvalue weighted by Crippen LogP contribution is 2.38. The van der Waals surface area contributed by atoms with Gasteiger partial charge in [0.2, 0.25) is 5.78 Å². The van der Waals surface area contributed by atoms with Crippen LogP contribution in [0.3, 0.4) is 0 Å².